The summed E-state index contributed by atoms with van der Waals surface area (Å²) in [6.45, 7) is 1.78. The zero-order valence-corrected chi connectivity index (χ0v) is 17.0. The topological polar surface area (TPSA) is 70.6 Å². The third-order valence-corrected chi connectivity index (χ3v) is 4.57. The second-order valence-corrected chi connectivity index (χ2v) is 7.06. The van der Waals surface area contributed by atoms with E-state index in [4.69, 9.17) is 23.2 Å². The summed E-state index contributed by atoms with van der Waals surface area (Å²) in [7, 11) is 0. The number of nitrogens with one attached hydrogen (secondary N) is 2. The van der Waals surface area contributed by atoms with Crippen LogP contribution in [-0.4, -0.2) is 17.5 Å². The van der Waals surface area contributed by atoms with E-state index < -0.39 is 0 Å². The lowest BCUT2D eigenvalue weighted by atomic mass is 10.1. The van der Waals surface area contributed by atoms with Crippen LogP contribution in [0.25, 0.3) is 0 Å². The van der Waals surface area contributed by atoms with Gasteiger partial charge in [0, 0.05) is 26.9 Å². The summed E-state index contributed by atoms with van der Waals surface area (Å²) < 4.78 is 0. The van der Waals surface area contributed by atoms with Gasteiger partial charge < -0.3 is 5.32 Å². The molecule has 0 saturated carbocycles. The summed E-state index contributed by atoms with van der Waals surface area (Å²) in [6.07, 6.45) is 0. The van der Waals surface area contributed by atoms with Gasteiger partial charge in [0.05, 0.1) is 5.71 Å². The van der Waals surface area contributed by atoms with Crippen LogP contribution < -0.4 is 10.7 Å². The molecule has 0 bridgehead atoms. The first-order valence-corrected chi connectivity index (χ1v) is 9.45. The lowest BCUT2D eigenvalue weighted by Crippen LogP contribution is -2.19. The second-order valence-electron chi connectivity index (χ2n) is 6.19. The van der Waals surface area contributed by atoms with E-state index in [-0.39, 0.29) is 11.8 Å². The smallest absolute Gasteiger partial charge is 0.271 e. The number of carbonyl (C=O) groups is 2. The highest BCUT2D eigenvalue weighted by Crippen LogP contribution is 2.15. The summed E-state index contributed by atoms with van der Waals surface area (Å²) in [5.41, 5.74) is 5.52. The average Bonchev–Trinajstić information content (AvgIpc) is 2.73. The number of halogens is 2. The molecule has 0 saturated heterocycles. The maximum absolute atomic E-state index is 12.3. The van der Waals surface area contributed by atoms with Gasteiger partial charge in [-0.15, -0.1) is 0 Å². The largest absolute Gasteiger partial charge is 0.322 e. The van der Waals surface area contributed by atoms with Crippen LogP contribution in [0.4, 0.5) is 5.69 Å². The number of anilines is 1. The molecule has 3 aromatic carbocycles. The molecule has 0 aliphatic heterocycles. The molecule has 0 radical (unpaired) electrons. The molecule has 146 valence electrons. The minimum atomic E-state index is -0.327. The number of rotatable bonds is 5. The molecule has 0 heterocycles. The van der Waals surface area contributed by atoms with Crippen molar-refractivity contribution in [1.82, 2.24) is 5.43 Å². The fourth-order valence-electron chi connectivity index (χ4n) is 2.49. The average molecular weight is 426 g/mol. The van der Waals surface area contributed by atoms with Crippen LogP contribution in [-0.2, 0) is 0 Å². The summed E-state index contributed by atoms with van der Waals surface area (Å²) in [5.74, 6) is -0.577. The Morgan fingerprint density at radius 2 is 1.41 bits per heavy atom. The fourth-order valence-corrected chi connectivity index (χ4v) is 2.81. The minimum absolute atomic E-state index is 0.249. The summed E-state index contributed by atoms with van der Waals surface area (Å²) >= 11 is 11.7. The van der Waals surface area contributed by atoms with E-state index in [0.717, 1.165) is 5.56 Å². The summed E-state index contributed by atoms with van der Waals surface area (Å²) in [5, 5.41) is 7.99. The van der Waals surface area contributed by atoms with Gasteiger partial charge in [-0.3, -0.25) is 9.59 Å². The number of carbonyl (C=O) groups excluding carboxylic acids is 2. The highest BCUT2D eigenvalue weighted by molar-refractivity contribution is 6.31. The number of amides is 2. The first-order chi connectivity index (χ1) is 13.9. The Morgan fingerprint density at radius 1 is 0.759 bits per heavy atom. The van der Waals surface area contributed by atoms with Crippen LogP contribution in [0.2, 0.25) is 10.0 Å². The van der Waals surface area contributed by atoms with Crippen LogP contribution in [0, 0.1) is 0 Å². The van der Waals surface area contributed by atoms with Crippen LogP contribution in [0.1, 0.15) is 33.2 Å². The number of benzene rings is 3. The molecule has 3 aromatic rings. The lowest BCUT2D eigenvalue weighted by molar-refractivity contribution is 0.0954. The normalized spacial score (nSPS) is 11.1. The first kappa shape index (κ1) is 20.6. The Bertz CT molecular complexity index is 1060. The van der Waals surface area contributed by atoms with Crippen LogP contribution in [0.15, 0.2) is 77.9 Å². The van der Waals surface area contributed by atoms with E-state index in [1.54, 1.807) is 79.7 Å². The molecule has 0 fully saturated rings. The van der Waals surface area contributed by atoms with Gasteiger partial charge in [-0.2, -0.15) is 5.10 Å². The Morgan fingerprint density at radius 3 is 2.07 bits per heavy atom. The molecular weight excluding hydrogens is 409 g/mol. The van der Waals surface area contributed by atoms with Crippen molar-refractivity contribution in [3.05, 3.63) is 99.5 Å². The third kappa shape index (κ3) is 5.67. The summed E-state index contributed by atoms with van der Waals surface area (Å²) in [4.78, 5) is 24.4. The highest BCUT2D eigenvalue weighted by atomic mass is 35.5. The van der Waals surface area contributed by atoms with E-state index in [1.165, 1.54) is 0 Å². The Labute approximate surface area is 178 Å². The van der Waals surface area contributed by atoms with E-state index in [9.17, 15) is 9.59 Å². The molecule has 29 heavy (non-hydrogen) atoms. The molecule has 0 aromatic heterocycles. The second kappa shape index (κ2) is 9.37. The zero-order chi connectivity index (χ0) is 20.8. The van der Waals surface area contributed by atoms with Gasteiger partial charge in [-0.05, 0) is 67.1 Å². The third-order valence-electron chi connectivity index (χ3n) is 4.08. The fraction of sp³-hybridized carbons (Fsp3) is 0.0455. The van der Waals surface area contributed by atoms with Crippen molar-refractivity contribution in [3.8, 4) is 0 Å². The van der Waals surface area contributed by atoms with Gasteiger partial charge in [-0.1, -0.05) is 41.4 Å². The summed E-state index contributed by atoms with van der Waals surface area (Å²) in [6, 6.07) is 20.4. The van der Waals surface area contributed by atoms with Gasteiger partial charge in [0.1, 0.15) is 0 Å². The van der Waals surface area contributed by atoms with E-state index in [2.05, 4.69) is 15.8 Å². The quantitative estimate of drug-likeness (QED) is 0.424. The van der Waals surface area contributed by atoms with Gasteiger partial charge in [0.15, 0.2) is 0 Å². The number of hydrogen-bond acceptors (Lipinski definition) is 3. The molecule has 2 amide bonds. The predicted molar refractivity (Wildman–Crippen MR) is 117 cm³/mol. The molecule has 3 rings (SSSR count). The predicted octanol–water partition coefficient (Wildman–Crippen LogP) is 5.40. The number of nitrogens with zero attached hydrogens (tertiary/aromatic N) is 1. The molecule has 0 unspecified atom stereocenters. The van der Waals surface area contributed by atoms with Gasteiger partial charge in [0.25, 0.3) is 11.8 Å². The van der Waals surface area contributed by atoms with Crippen molar-refractivity contribution in [2.75, 3.05) is 5.32 Å². The van der Waals surface area contributed by atoms with E-state index in [0.29, 0.717) is 32.6 Å². The number of hydrogen-bond donors (Lipinski definition) is 2. The van der Waals surface area contributed by atoms with Gasteiger partial charge in [-0.25, -0.2) is 5.43 Å². The first-order valence-electron chi connectivity index (χ1n) is 8.70. The van der Waals surface area contributed by atoms with Crippen LogP contribution in [0.3, 0.4) is 0 Å². The van der Waals surface area contributed by atoms with Crippen molar-refractivity contribution in [2.45, 2.75) is 6.92 Å². The van der Waals surface area contributed by atoms with Gasteiger partial charge >= 0.3 is 0 Å². The van der Waals surface area contributed by atoms with Crippen molar-refractivity contribution < 1.29 is 9.59 Å². The monoisotopic (exact) mass is 425 g/mol. The van der Waals surface area contributed by atoms with E-state index in [1.807, 2.05) is 0 Å². The van der Waals surface area contributed by atoms with Crippen molar-refractivity contribution >= 4 is 46.4 Å². The maximum Gasteiger partial charge on any atom is 0.271 e. The molecule has 0 atom stereocenters. The van der Waals surface area contributed by atoms with Crippen molar-refractivity contribution in [1.29, 1.82) is 0 Å². The highest BCUT2D eigenvalue weighted by Gasteiger charge is 2.08. The van der Waals surface area contributed by atoms with Crippen LogP contribution in [0.5, 0.6) is 0 Å². The molecule has 7 heteroatoms. The van der Waals surface area contributed by atoms with Gasteiger partial charge in [0.2, 0.25) is 0 Å². The minimum Gasteiger partial charge on any atom is -0.322 e. The SMILES string of the molecule is CC(=NNC(=O)c1ccc(Cl)cc1)c1ccc(NC(=O)c2cccc(Cl)c2)cc1. The molecule has 0 aliphatic rings. The Balaban J connectivity index is 1.62. The molecular formula is C22H17Cl2N3O2. The molecule has 0 spiro atoms. The standard InChI is InChI=1S/C22H17Cl2N3O2/c1-14(26-27-22(29)16-5-9-18(23)10-6-16)15-7-11-20(12-8-15)25-21(28)17-3-2-4-19(24)13-17/h2-13H,1H3,(H,25,28)(H,27,29). The lowest BCUT2D eigenvalue weighted by Gasteiger charge is -2.07. The van der Waals surface area contributed by atoms with Crippen molar-refractivity contribution in [2.24, 2.45) is 5.10 Å². The van der Waals surface area contributed by atoms with Crippen molar-refractivity contribution in [3.63, 3.8) is 0 Å². The molecule has 5 nitrogen and oxygen atoms in total. The maximum atomic E-state index is 12.3. The Hall–Kier alpha value is -3.15. The molecule has 0 aliphatic carbocycles. The number of hydrazone groups is 1. The van der Waals surface area contributed by atoms with Crippen LogP contribution >= 0.6 is 23.2 Å². The Kier molecular flexibility index (Phi) is 6.65. The zero-order valence-electron chi connectivity index (χ0n) is 15.4. The van der Waals surface area contributed by atoms with E-state index >= 15 is 0 Å². The molecule has 2 N–H and O–H groups in total.